The SMILES string of the molecule is O=S(=O)(CC1CCCN1)Nc1ccc(O)cc1. The van der Waals surface area contributed by atoms with E-state index in [0.717, 1.165) is 19.4 Å². The van der Waals surface area contributed by atoms with Crippen LogP contribution in [-0.4, -0.2) is 31.9 Å². The molecule has 1 atom stereocenters. The van der Waals surface area contributed by atoms with E-state index < -0.39 is 10.0 Å². The van der Waals surface area contributed by atoms with Gasteiger partial charge in [-0.3, -0.25) is 4.72 Å². The Bertz CT molecular complexity index is 464. The Morgan fingerprint density at radius 1 is 1.35 bits per heavy atom. The average Bonchev–Trinajstić information content (AvgIpc) is 2.73. The number of phenols is 1. The first kappa shape index (κ1) is 12.2. The topological polar surface area (TPSA) is 78.4 Å². The maximum Gasteiger partial charge on any atom is 0.234 e. The fraction of sp³-hybridized carbons (Fsp3) is 0.455. The van der Waals surface area contributed by atoms with Gasteiger partial charge in [0.1, 0.15) is 5.75 Å². The highest BCUT2D eigenvalue weighted by molar-refractivity contribution is 7.92. The van der Waals surface area contributed by atoms with E-state index in [4.69, 9.17) is 5.11 Å². The third-order valence-corrected chi connectivity index (χ3v) is 4.11. The molecule has 94 valence electrons. The van der Waals surface area contributed by atoms with E-state index >= 15 is 0 Å². The molecule has 0 aliphatic carbocycles. The molecule has 0 spiro atoms. The summed E-state index contributed by atoms with van der Waals surface area (Å²) in [5, 5.41) is 12.2. The molecular formula is C11H16N2O3S. The number of hydrogen-bond acceptors (Lipinski definition) is 4. The molecule has 17 heavy (non-hydrogen) atoms. The van der Waals surface area contributed by atoms with Crippen LogP contribution in [-0.2, 0) is 10.0 Å². The highest BCUT2D eigenvalue weighted by atomic mass is 32.2. The van der Waals surface area contributed by atoms with Crippen LogP contribution >= 0.6 is 0 Å². The van der Waals surface area contributed by atoms with Crippen LogP contribution in [0.15, 0.2) is 24.3 Å². The van der Waals surface area contributed by atoms with E-state index in [-0.39, 0.29) is 17.5 Å². The molecule has 1 saturated heterocycles. The average molecular weight is 256 g/mol. The molecule has 1 fully saturated rings. The summed E-state index contributed by atoms with van der Waals surface area (Å²) in [5.74, 6) is 0.207. The molecule has 1 aromatic carbocycles. The lowest BCUT2D eigenvalue weighted by molar-refractivity contribution is 0.475. The molecule has 2 rings (SSSR count). The van der Waals surface area contributed by atoms with Gasteiger partial charge in [0, 0.05) is 11.7 Å². The van der Waals surface area contributed by atoms with Crippen LogP contribution in [0.4, 0.5) is 5.69 Å². The second-order valence-electron chi connectivity index (χ2n) is 4.22. The Balaban J connectivity index is 1.98. The van der Waals surface area contributed by atoms with Crippen molar-refractivity contribution in [3.63, 3.8) is 0 Å². The Morgan fingerprint density at radius 3 is 2.65 bits per heavy atom. The fourth-order valence-corrected chi connectivity index (χ4v) is 3.31. The number of benzene rings is 1. The number of sulfonamides is 1. The van der Waals surface area contributed by atoms with E-state index in [1.54, 1.807) is 0 Å². The third-order valence-electron chi connectivity index (χ3n) is 2.72. The number of rotatable bonds is 4. The van der Waals surface area contributed by atoms with Crippen molar-refractivity contribution in [2.24, 2.45) is 0 Å². The molecule has 1 aliphatic heterocycles. The molecule has 1 unspecified atom stereocenters. The van der Waals surface area contributed by atoms with Gasteiger partial charge in [0.05, 0.1) is 5.75 Å². The van der Waals surface area contributed by atoms with Crippen molar-refractivity contribution >= 4 is 15.7 Å². The van der Waals surface area contributed by atoms with Crippen molar-refractivity contribution in [2.75, 3.05) is 17.0 Å². The van der Waals surface area contributed by atoms with Gasteiger partial charge in [-0.25, -0.2) is 8.42 Å². The molecule has 1 aromatic rings. The van der Waals surface area contributed by atoms with E-state index in [1.807, 2.05) is 0 Å². The van der Waals surface area contributed by atoms with E-state index in [0.29, 0.717) is 5.69 Å². The van der Waals surface area contributed by atoms with Gasteiger partial charge in [0.2, 0.25) is 10.0 Å². The monoisotopic (exact) mass is 256 g/mol. The van der Waals surface area contributed by atoms with Crippen LogP contribution in [0, 0.1) is 0 Å². The summed E-state index contributed by atoms with van der Waals surface area (Å²) in [4.78, 5) is 0. The normalized spacial score (nSPS) is 20.4. The van der Waals surface area contributed by atoms with Gasteiger partial charge in [-0.2, -0.15) is 0 Å². The van der Waals surface area contributed by atoms with Crippen LogP contribution in [0.5, 0.6) is 5.75 Å². The standard InChI is InChI=1S/C11H16N2O3S/c14-11-5-3-9(4-6-11)13-17(15,16)8-10-2-1-7-12-10/h3-6,10,12-14H,1-2,7-8H2. The summed E-state index contributed by atoms with van der Waals surface area (Å²) in [6.45, 7) is 0.888. The molecule has 1 heterocycles. The van der Waals surface area contributed by atoms with Gasteiger partial charge in [0.15, 0.2) is 0 Å². The third kappa shape index (κ3) is 3.61. The Hall–Kier alpha value is -1.27. The lowest BCUT2D eigenvalue weighted by Crippen LogP contribution is -2.32. The molecule has 0 saturated carbocycles. The maximum absolute atomic E-state index is 11.8. The largest absolute Gasteiger partial charge is 0.508 e. The number of nitrogens with one attached hydrogen (secondary N) is 2. The number of aromatic hydroxyl groups is 1. The molecule has 0 aromatic heterocycles. The molecular weight excluding hydrogens is 240 g/mol. The van der Waals surface area contributed by atoms with Crippen LogP contribution in [0.1, 0.15) is 12.8 Å². The van der Waals surface area contributed by atoms with Crippen molar-refractivity contribution in [2.45, 2.75) is 18.9 Å². The summed E-state index contributed by atoms with van der Waals surface area (Å²) in [6, 6.07) is 6.02. The minimum absolute atomic E-state index is 0.0459. The Morgan fingerprint density at radius 2 is 2.06 bits per heavy atom. The first-order valence-corrected chi connectivity index (χ1v) is 7.23. The molecule has 1 aliphatic rings. The van der Waals surface area contributed by atoms with Gasteiger partial charge < -0.3 is 10.4 Å². The van der Waals surface area contributed by atoms with Crippen LogP contribution in [0.25, 0.3) is 0 Å². The molecule has 0 amide bonds. The first-order chi connectivity index (χ1) is 8.05. The van der Waals surface area contributed by atoms with Gasteiger partial charge in [-0.15, -0.1) is 0 Å². The lowest BCUT2D eigenvalue weighted by Gasteiger charge is -2.12. The van der Waals surface area contributed by atoms with E-state index in [2.05, 4.69) is 10.0 Å². The summed E-state index contributed by atoms with van der Waals surface area (Å²) in [5.41, 5.74) is 0.473. The van der Waals surface area contributed by atoms with Gasteiger partial charge in [0.25, 0.3) is 0 Å². The predicted molar refractivity (Wildman–Crippen MR) is 66.5 cm³/mol. The van der Waals surface area contributed by atoms with Crippen molar-refractivity contribution in [1.29, 1.82) is 0 Å². The van der Waals surface area contributed by atoms with Crippen molar-refractivity contribution < 1.29 is 13.5 Å². The Labute approximate surface area is 101 Å². The highest BCUT2D eigenvalue weighted by Crippen LogP contribution is 2.16. The van der Waals surface area contributed by atoms with E-state index in [1.165, 1.54) is 24.3 Å². The summed E-state index contributed by atoms with van der Waals surface area (Å²) >= 11 is 0. The van der Waals surface area contributed by atoms with Crippen LogP contribution in [0.2, 0.25) is 0 Å². The van der Waals surface area contributed by atoms with E-state index in [9.17, 15) is 8.42 Å². The predicted octanol–water partition coefficient (Wildman–Crippen LogP) is 0.886. The highest BCUT2D eigenvalue weighted by Gasteiger charge is 2.21. The van der Waals surface area contributed by atoms with Crippen molar-refractivity contribution in [1.82, 2.24) is 5.32 Å². The Kier molecular flexibility index (Phi) is 3.54. The zero-order valence-corrected chi connectivity index (χ0v) is 10.2. The smallest absolute Gasteiger partial charge is 0.234 e. The number of anilines is 1. The number of phenolic OH excluding ortho intramolecular Hbond substituents is 1. The molecule has 0 radical (unpaired) electrons. The minimum atomic E-state index is -3.33. The van der Waals surface area contributed by atoms with Crippen molar-refractivity contribution in [3.05, 3.63) is 24.3 Å². The maximum atomic E-state index is 11.8. The fourth-order valence-electron chi connectivity index (χ4n) is 1.91. The molecule has 6 heteroatoms. The second kappa shape index (κ2) is 4.93. The zero-order valence-electron chi connectivity index (χ0n) is 9.39. The van der Waals surface area contributed by atoms with Crippen molar-refractivity contribution in [3.8, 4) is 5.75 Å². The summed E-state index contributed by atoms with van der Waals surface area (Å²) in [7, 11) is -3.33. The molecule has 5 nitrogen and oxygen atoms in total. The second-order valence-corrected chi connectivity index (χ2v) is 5.99. The minimum Gasteiger partial charge on any atom is -0.508 e. The first-order valence-electron chi connectivity index (χ1n) is 5.58. The van der Waals surface area contributed by atoms with Crippen LogP contribution < -0.4 is 10.0 Å². The summed E-state index contributed by atoms with van der Waals surface area (Å²) in [6.07, 6.45) is 1.93. The van der Waals surface area contributed by atoms with Gasteiger partial charge in [-0.1, -0.05) is 0 Å². The van der Waals surface area contributed by atoms with Gasteiger partial charge >= 0.3 is 0 Å². The van der Waals surface area contributed by atoms with Crippen LogP contribution in [0.3, 0.4) is 0 Å². The molecule has 3 N–H and O–H groups in total. The number of hydrogen-bond donors (Lipinski definition) is 3. The van der Waals surface area contributed by atoms with Gasteiger partial charge in [-0.05, 0) is 43.7 Å². The molecule has 0 bridgehead atoms. The summed E-state index contributed by atoms with van der Waals surface area (Å²) < 4.78 is 26.1. The zero-order chi connectivity index (χ0) is 12.3. The quantitative estimate of drug-likeness (QED) is 0.699. The lowest BCUT2D eigenvalue weighted by atomic mass is 10.3.